The van der Waals surface area contributed by atoms with Gasteiger partial charge >= 0.3 is 0 Å². The zero-order valence-corrected chi connectivity index (χ0v) is 16.5. The van der Waals surface area contributed by atoms with E-state index < -0.39 is 0 Å². The lowest BCUT2D eigenvalue weighted by Gasteiger charge is -2.34. The Kier molecular flexibility index (Phi) is 7.41. The van der Waals surface area contributed by atoms with Crippen LogP contribution in [0.4, 0.5) is 0 Å². The van der Waals surface area contributed by atoms with Gasteiger partial charge in [-0.25, -0.2) is 0 Å². The molecular weight excluding hydrogens is 310 g/mol. The molecule has 3 aliphatic rings. The second-order valence-corrected chi connectivity index (χ2v) is 8.06. The fourth-order valence-corrected chi connectivity index (χ4v) is 4.90. The third-order valence-corrected chi connectivity index (χ3v) is 6.36. The molecule has 0 radical (unpaired) electrons. The van der Waals surface area contributed by atoms with Gasteiger partial charge in [-0.3, -0.25) is 14.8 Å². The van der Waals surface area contributed by atoms with E-state index in [1.807, 2.05) is 0 Å². The number of nitrogens with one attached hydrogen (secondary N) is 2. The number of nitrogens with zero attached hydrogens (tertiary/aromatic N) is 3. The van der Waals surface area contributed by atoms with Gasteiger partial charge in [0.05, 0.1) is 6.54 Å². The molecular formula is C20H39N5. The van der Waals surface area contributed by atoms with Gasteiger partial charge in [0.25, 0.3) is 0 Å². The molecule has 5 heteroatoms. The lowest BCUT2D eigenvalue weighted by Crippen LogP contribution is -2.46. The summed E-state index contributed by atoms with van der Waals surface area (Å²) in [5, 5.41) is 7.19. The zero-order chi connectivity index (χ0) is 17.5. The van der Waals surface area contributed by atoms with Gasteiger partial charge in [0.15, 0.2) is 5.96 Å². The van der Waals surface area contributed by atoms with Crippen molar-refractivity contribution in [1.82, 2.24) is 20.4 Å². The van der Waals surface area contributed by atoms with E-state index in [0.717, 1.165) is 31.6 Å². The molecule has 0 spiro atoms. The first-order valence-corrected chi connectivity index (χ1v) is 10.8. The van der Waals surface area contributed by atoms with Crippen LogP contribution in [0.25, 0.3) is 0 Å². The summed E-state index contributed by atoms with van der Waals surface area (Å²) in [6, 6.07) is 2.05. The van der Waals surface area contributed by atoms with Crippen LogP contribution in [0.15, 0.2) is 4.99 Å². The summed E-state index contributed by atoms with van der Waals surface area (Å²) in [6.07, 6.45) is 11.0. The Morgan fingerprint density at radius 1 is 1.00 bits per heavy atom. The number of likely N-dealkylation sites (N-methyl/N-ethyl adjacent to an activating group) is 1. The standard InChI is InChI=1S/C20H39N5/c1-3-21-20(22-15-19-11-7-8-13-24(19)4-2)23-17-12-14-25(16-17)18-9-5-6-10-18/h17-19H,3-16H2,1-2H3,(H2,21,22,23). The average molecular weight is 350 g/mol. The van der Waals surface area contributed by atoms with E-state index >= 15 is 0 Å². The van der Waals surface area contributed by atoms with E-state index in [4.69, 9.17) is 4.99 Å². The van der Waals surface area contributed by atoms with Gasteiger partial charge in [-0.05, 0) is 52.1 Å². The number of hydrogen-bond acceptors (Lipinski definition) is 3. The van der Waals surface area contributed by atoms with E-state index in [9.17, 15) is 0 Å². The smallest absolute Gasteiger partial charge is 0.191 e. The average Bonchev–Trinajstić information content (AvgIpc) is 3.31. The third-order valence-electron chi connectivity index (χ3n) is 6.36. The molecule has 2 aliphatic heterocycles. The van der Waals surface area contributed by atoms with Gasteiger partial charge in [0.2, 0.25) is 0 Å². The van der Waals surface area contributed by atoms with E-state index in [1.54, 1.807) is 0 Å². The SMILES string of the molecule is CCNC(=NCC1CCCCN1CC)NC1CCN(C2CCCC2)C1. The van der Waals surface area contributed by atoms with Crippen molar-refractivity contribution in [2.75, 3.05) is 39.3 Å². The van der Waals surface area contributed by atoms with Gasteiger partial charge in [-0.15, -0.1) is 0 Å². The summed E-state index contributed by atoms with van der Waals surface area (Å²) < 4.78 is 0. The lowest BCUT2D eigenvalue weighted by molar-refractivity contribution is 0.161. The summed E-state index contributed by atoms with van der Waals surface area (Å²) in [5.41, 5.74) is 0. The predicted octanol–water partition coefficient (Wildman–Crippen LogP) is 2.43. The van der Waals surface area contributed by atoms with Crippen LogP contribution in [0.5, 0.6) is 0 Å². The summed E-state index contributed by atoms with van der Waals surface area (Å²) in [7, 11) is 0. The molecule has 2 N–H and O–H groups in total. The van der Waals surface area contributed by atoms with Gasteiger partial charge in [0, 0.05) is 37.8 Å². The molecule has 0 aromatic rings. The molecule has 2 atom stereocenters. The van der Waals surface area contributed by atoms with E-state index in [1.165, 1.54) is 71.0 Å². The molecule has 3 rings (SSSR count). The minimum atomic E-state index is 0.562. The number of piperidine rings is 1. The Hall–Kier alpha value is -0.810. The summed E-state index contributed by atoms with van der Waals surface area (Å²) in [4.78, 5) is 10.3. The Morgan fingerprint density at radius 2 is 1.80 bits per heavy atom. The van der Waals surface area contributed by atoms with Crippen molar-refractivity contribution in [2.45, 2.75) is 83.3 Å². The second-order valence-electron chi connectivity index (χ2n) is 8.06. The quantitative estimate of drug-likeness (QED) is 0.571. The molecule has 2 saturated heterocycles. The van der Waals surface area contributed by atoms with Crippen molar-refractivity contribution in [3.8, 4) is 0 Å². The first kappa shape index (κ1) is 19.0. The van der Waals surface area contributed by atoms with E-state index in [-0.39, 0.29) is 0 Å². The molecule has 0 amide bonds. The maximum absolute atomic E-state index is 4.96. The fraction of sp³-hybridized carbons (Fsp3) is 0.950. The normalized spacial score (nSPS) is 30.1. The first-order valence-electron chi connectivity index (χ1n) is 10.8. The van der Waals surface area contributed by atoms with Crippen LogP contribution in [0.1, 0.15) is 65.2 Å². The maximum atomic E-state index is 4.96. The first-order chi connectivity index (χ1) is 12.3. The number of rotatable bonds is 6. The molecule has 0 bridgehead atoms. The van der Waals surface area contributed by atoms with E-state index in [0.29, 0.717) is 12.1 Å². The van der Waals surface area contributed by atoms with Crippen LogP contribution in [-0.4, -0.2) is 73.2 Å². The monoisotopic (exact) mass is 349 g/mol. The number of likely N-dealkylation sites (tertiary alicyclic amines) is 2. The molecule has 2 unspecified atom stereocenters. The van der Waals surface area contributed by atoms with Crippen LogP contribution < -0.4 is 10.6 Å². The van der Waals surface area contributed by atoms with Gasteiger partial charge < -0.3 is 10.6 Å². The minimum Gasteiger partial charge on any atom is -0.357 e. The highest BCUT2D eigenvalue weighted by Crippen LogP contribution is 2.26. The van der Waals surface area contributed by atoms with Crippen LogP contribution in [-0.2, 0) is 0 Å². The van der Waals surface area contributed by atoms with Crippen molar-refractivity contribution >= 4 is 5.96 Å². The zero-order valence-electron chi connectivity index (χ0n) is 16.5. The van der Waals surface area contributed by atoms with Crippen LogP contribution in [0, 0.1) is 0 Å². The Bertz CT molecular complexity index is 418. The van der Waals surface area contributed by atoms with Gasteiger partial charge in [0.1, 0.15) is 0 Å². The van der Waals surface area contributed by atoms with Crippen molar-refractivity contribution < 1.29 is 0 Å². The Balaban J connectivity index is 1.50. The number of hydrogen-bond donors (Lipinski definition) is 2. The maximum Gasteiger partial charge on any atom is 0.191 e. The van der Waals surface area contributed by atoms with Crippen LogP contribution in [0.2, 0.25) is 0 Å². The largest absolute Gasteiger partial charge is 0.357 e. The van der Waals surface area contributed by atoms with E-state index in [2.05, 4.69) is 34.3 Å². The number of guanidine groups is 1. The van der Waals surface area contributed by atoms with Crippen molar-refractivity contribution in [2.24, 2.45) is 4.99 Å². The summed E-state index contributed by atoms with van der Waals surface area (Å²) in [6.45, 7) is 11.2. The van der Waals surface area contributed by atoms with Crippen molar-refractivity contribution in [1.29, 1.82) is 0 Å². The molecule has 2 heterocycles. The van der Waals surface area contributed by atoms with Gasteiger partial charge in [-0.1, -0.05) is 26.2 Å². The molecule has 1 saturated carbocycles. The minimum absolute atomic E-state index is 0.562. The summed E-state index contributed by atoms with van der Waals surface area (Å²) >= 11 is 0. The lowest BCUT2D eigenvalue weighted by atomic mass is 10.0. The highest BCUT2D eigenvalue weighted by atomic mass is 15.3. The topological polar surface area (TPSA) is 42.9 Å². The van der Waals surface area contributed by atoms with Gasteiger partial charge in [-0.2, -0.15) is 0 Å². The fourth-order valence-electron chi connectivity index (χ4n) is 4.90. The van der Waals surface area contributed by atoms with Crippen LogP contribution >= 0.6 is 0 Å². The molecule has 1 aliphatic carbocycles. The molecule has 0 aromatic carbocycles. The van der Waals surface area contributed by atoms with Crippen LogP contribution in [0.3, 0.4) is 0 Å². The number of aliphatic imine (C=N–C) groups is 1. The highest BCUT2D eigenvalue weighted by Gasteiger charge is 2.30. The Morgan fingerprint density at radius 3 is 2.56 bits per heavy atom. The van der Waals surface area contributed by atoms with Crippen molar-refractivity contribution in [3.05, 3.63) is 0 Å². The second kappa shape index (κ2) is 9.77. The third kappa shape index (κ3) is 5.33. The highest BCUT2D eigenvalue weighted by molar-refractivity contribution is 5.80. The molecule has 5 nitrogen and oxygen atoms in total. The molecule has 144 valence electrons. The van der Waals surface area contributed by atoms with Crippen molar-refractivity contribution in [3.63, 3.8) is 0 Å². The Labute approximate surface area is 154 Å². The molecule has 0 aromatic heterocycles. The summed E-state index contributed by atoms with van der Waals surface area (Å²) in [5.74, 6) is 1.03. The molecule has 25 heavy (non-hydrogen) atoms. The predicted molar refractivity (Wildman–Crippen MR) is 106 cm³/mol. The molecule has 3 fully saturated rings.